The number of rotatable bonds is 1. The first kappa shape index (κ1) is 7.90. The number of carboxylic acids is 1. The number of fused-ring (bicyclic) bond motifs is 1. The molecule has 1 aliphatic rings. The van der Waals surface area contributed by atoms with Crippen LogP contribution >= 0.6 is 0 Å². The molecule has 0 amide bonds. The predicted octanol–water partition coefficient (Wildman–Crippen LogP) is -0.0209. The minimum atomic E-state index is -1.08. The van der Waals surface area contributed by atoms with Gasteiger partial charge in [0, 0.05) is 13.1 Å². The van der Waals surface area contributed by atoms with Gasteiger partial charge >= 0.3 is 5.97 Å². The van der Waals surface area contributed by atoms with Crippen LogP contribution in [0.4, 0.5) is 11.8 Å². The van der Waals surface area contributed by atoms with Gasteiger partial charge in [-0.15, -0.1) is 0 Å². The molecule has 0 unspecified atom stereocenters. The summed E-state index contributed by atoms with van der Waals surface area (Å²) in [6, 6.07) is 0. The third-order valence-electron chi connectivity index (χ3n) is 2.05. The van der Waals surface area contributed by atoms with Gasteiger partial charge < -0.3 is 16.2 Å². The molecule has 0 saturated carbocycles. The highest BCUT2D eigenvalue weighted by atomic mass is 16.4. The van der Waals surface area contributed by atoms with Gasteiger partial charge in [0.25, 0.3) is 0 Å². The second kappa shape index (κ2) is 2.65. The molecule has 1 aliphatic heterocycles. The highest BCUT2D eigenvalue weighted by Gasteiger charge is 2.21. The van der Waals surface area contributed by atoms with Crippen molar-refractivity contribution in [3.05, 3.63) is 5.69 Å². The normalized spacial score (nSPS) is 14.8. The fourth-order valence-corrected chi connectivity index (χ4v) is 1.42. The van der Waals surface area contributed by atoms with Gasteiger partial charge in [0.15, 0.2) is 5.69 Å². The number of hydrogen-bond donors (Lipinski definition) is 3. The Hall–Kier alpha value is -1.72. The summed E-state index contributed by atoms with van der Waals surface area (Å²) in [5, 5.41) is 11.7. The van der Waals surface area contributed by atoms with Crippen LogP contribution in [-0.4, -0.2) is 27.2 Å². The molecule has 0 fully saturated rings. The molecule has 6 heteroatoms. The van der Waals surface area contributed by atoms with E-state index in [0.717, 1.165) is 19.5 Å². The van der Waals surface area contributed by atoms with Crippen molar-refractivity contribution in [1.29, 1.82) is 0 Å². The van der Waals surface area contributed by atoms with E-state index in [0.29, 0.717) is 5.95 Å². The highest BCUT2D eigenvalue weighted by molar-refractivity contribution is 5.91. The molecular weight excluding hydrogens is 172 g/mol. The van der Waals surface area contributed by atoms with Crippen molar-refractivity contribution in [3.63, 3.8) is 0 Å². The zero-order valence-corrected chi connectivity index (χ0v) is 6.95. The second-order valence-corrected chi connectivity index (χ2v) is 2.91. The Labute approximate surface area is 74.4 Å². The van der Waals surface area contributed by atoms with Gasteiger partial charge in [-0.1, -0.05) is 0 Å². The van der Waals surface area contributed by atoms with Gasteiger partial charge in [0.05, 0.1) is 0 Å². The number of aromatic nitrogens is 2. The van der Waals surface area contributed by atoms with Crippen LogP contribution in [-0.2, 0) is 6.54 Å². The lowest BCUT2D eigenvalue weighted by Crippen LogP contribution is -2.18. The lowest BCUT2D eigenvalue weighted by atomic mass is 10.3. The maximum atomic E-state index is 10.7. The molecule has 0 radical (unpaired) electrons. The number of nitrogens with one attached hydrogen (secondary N) is 1. The van der Waals surface area contributed by atoms with Crippen LogP contribution < -0.4 is 11.1 Å². The molecule has 1 aromatic rings. The van der Waals surface area contributed by atoms with Crippen LogP contribution in [0, 0.1) is 0 Å². The molecule has 0 spiro atoms. The maximum absolute atomic E-state index is 10.7. The number of nitrogen functional groups attached to an aromatic ring is 1. The summed E-state index contributed by atoms with van der Waals surface area (Å²) in [6.07, 6.45) is 0.937. The van der Waals surface area contributed by atoms with E-state index in [9.17, 15) is 4.79 Å². The summed E-state index contributed by atoms with van der Waals surface area (Å²) >= 11 is 0. The zero-order chi connectivity index (χ0) is 9.42. The molecular formula is C7H10N4O2. The number of hydrogen-bond acceptors (Lipinski definition) is 4. The molecule has 6 nitrogen and oxygen atoms in total. The van der Waals surface area contributed by atoms with E-state index in [4.69, 9.17) is 10.8 Å². The fraction of sp³-hybridized carbons (Fsp3) is 0.429. The Morgan fingerprint density at radius 1 is 1.69 bits per heavy atom. The molecule has 0 saturated heterocycles. The molecule has 4 N–H and O–H groups in total. The first-order chi connectivity index (χ1) is 6.20. The Kier molecular flexibility index (Phi) is 1.61. The predicted molar refractivity (Wildman–Crippen MR) is 46.7 cm³/mol. The summed E-state index contributed by atoms with van der Waals surface area (Å²) in [6.45, 7) is 1.55. The SMILES string of the molecule is Nc1c(C(=O)O)nc2n1CCCN2. The second-order valence-electron chi connectivity index (χ2n) is 2.91. The Morgan fingerprint density at radius 3 is 3.08 bits per heavy atom. The largest absolute Gasteiger partial charge is 0.476 e. The molecule has 70 valence electrons. The van der Waals surface area contributed by atoms with Crippen LogP contribution in [0.15, 0.2) is 0 Å². The standard InChI is InChI=1S/C7H10N4O2/c8-5-4(6(12)13)10-7-9-2-1-3-11(5)7/h1-3,8H2,(H,9,10)(H,12,13). The van der Waals surface area contributed by atoms with Gasteiger partial charge in [0.1, 0.15) is 5.82 Å². The number of aromatic carboxylic acids is 1. The van der Waals surface area contributed by atoms with Crippen molar-refractivity contribution in [3.8, 4) is 0 Å². The van der Waals surface area contributed by atoms with Crippen molar-refractivity contribution >= 4 is 17.7 Å². The Bertz CT molecular complexity index is 358. The summed E-state index contributed by atoms with van der Waals surface area (Å²) in [4.78, 5) is 14.5. The van der Waals surface area contributed by atoms with Crippen molar-refractivity contribution in [2.45, 2.75) is 13.0 Å². The first-order valence-corrected chi connectivity index (χ1v) is 4.03. The van der Waals surface area contributed by atoms with E-state index in [2.05, 4.69) is 10.3 Å². The molecule has 2 heterocycles. The van der Waals surface area contributed by atoms with Gasteiger partial charge in [-0.05, 0) is 6.42 Å². The molecule has 0 aliphatic carbocycles. The Morgan fingerprint density at radius 2 is 2.46 bits per heavy atom. The van der Waals surface area contributed by atoms with Crippen molar-refractivity contribution < 1.29 is 9.90 Å². The monoisotopic (exact) mass is 182 g/mol. The number of anilines is 2. The molecule has 0 bridgehead atoms. The maximum Gasteiger partial charge on any atom is 0.358 e. The van der Waals surface area contributed by atoms with Crippen LogP contribution in [0.2, 0.25) is 0 Å². The molecule has 0 aromatic carbocycles. The van der Waals surface area contributed by atoms with Crippen molar-refractivity contribution in [1.82, 2.24) is 9.55 Å². The average molecular weight is 182 g/mol. The van der Waals surface area contributed by atoms with Crippen molar-refractivity contribution in [2.24, 2.45) is 0 Å². The lowest BCUT2D eigenvalue weighted by molar-refractivity contribution is 0.0692. The molecule has 2 rings (SSSR count). The lowest BCUT2D eigenvalue weighted by Gasteiger charge is -2.15. The summed E-state index contributed by atoms with van der Waals surface area (Å²) in [7, 11) is 0. The summed E-state index contributed by atoms with van der Waals surface area (Å²) in [5.74, 6) is -0.294. The van der Waals surface area contributed by atoms with E-state index in [-0.39, 0.29) is 11.5 Å². The topological polar surface area (TPSA) is 93.2 Å². The highest BCUT2D eigenvalue weighted by Crippen LogP contribution is 2.21. The van der Waals surface area contributed by atoms with E-state index in [1.165, 1.54) is 0 Å². The number of imidazole rings is 1. The van der Waals surface area contributed by atoms with E-state index in [1.54, 1.807) is 4.57 Å². The smallest absolute Gasteiger partial charge is 0.358 e. The van der Waals surface area contributed by atoms with Crippen molar-refractivity contribution in [2.75, 3.05) is 17.6 Å². The molecule has 1 aromatic heterocycles. The third-order valence-corrected chi connectivity index (χ3v) is 2.05. The minimum absolute atomic E-state index is 0.0654. The number of carbonyl (C=O) groups is 1. The van der Waals surface area contributed by atoms with Gasteiger partial charge in [-0.25, -0.2) is 9.78 Å². The van der Waals surface area contributed by atoms with E-state index < -0.39 is 5.97 Å². The Balaban J connectivity index is 2.50. The quantitative estimate of drug-likeness (QED) is 0.567. The van der Waals surface area contributed by atoms with Crippen LogP contribution in [0.5, 0.6) is 0 Å². The number of carboxylic acid groups (broad SMARTS) is 1. The number of nitrogens with zero attached hydrogens (tertiary/aromatic N) is 2. The zero-order valence-electron chi connectivity index (χ0n) is 6.95. The van der Waals surface area contributed by atoms with Gasteiger partial charge in [-0.2, -0.15) is 0 Å². The van der Waals surface area contributed by atoms with Crippen LogP contribution in [0.1, 0.15) is 16.9 Å². The van der Waals surface area contributed by atoms with E-state index >= 15 is 0 Å². The minimum Gasteiger partial charge on any atom is -0.476 e. The summed E-state index contributed by atoms with van der Waals surface area (Å²) in [5.41, 5.74) is 5.54. The molecule has 13 heavy (non-hydrogen) atoms. The van der Waals surface area contributed by atoms with E-state index in [1.807, 2.05) is 0 Å². The van der Waals surface area contributed by atoms with Crippen LogP contribution in [0.25, 0.3) is 0 Å². The molecule has 0 atom stereocenters. The third kappa shape index (κ3) is 1.10. The fourth-order valence-electron chi connectivity index (χ4n) is 1.42. The van der Waals surface area contributed by atoms with Crippen LogP contribution in [0.3, 0.4) is 0 Å². The van der Waals surface area contributed by atoms with Gasteiger partial charge in [-0.3, -0.25) is 4.57 Å². The number of nitrogens with two attached hydrogens (primary N) is 1. The first-order valence-electron chi connectivity index (χ1n) is 4.03. The summed E-state index contributed by atoms with van der Waals surface area (Å²) < 4.78 is 1.69. The van der Waals surface area contributed by atoms with Gasteiger partial charge in [0.2, 0.25) is 5.95 Å². The average Bonchev–Trinajstić information content (AvgIpc) is 2.45.